The molecule has 0 atom stereocenters. The number of amides is 1. The maximum absolute atomic E-state index is 10.9. The van der Waals surface area contributed by atoms with Crippen molar-refractivity contribution in [3.05, 3.63) is 12.2 Å². The van der Waals surface area contributed by atoms with Crippen LogP contribution in [0.3, 0.4) is 0 Å². The zero-order valence-corrected chi connectivity index (χ0v) is 10.1. The zero-order valence-electron chi connectivity index (χ0n) is 10.1. The van der Waals surface area contributed by atoms with Crippen LogP contribution in [0.4, 0.5) is 0 Å². The van der Waals surface area contributed by atoms with E-state index in [4.69, 9.17) is 5.73 Å². The number of carbonyl (C=O) groups excluding carboxylic acids is 1. The summed E-state index contributed by atoms with van der Waals surface area (Å²) >= 11 is 0. The first-order chi connectivity index (χ1) is 7.11. The molecule has 0 bridgehead atoms. The summed E-state index contributed by atoms with van der Waals surface area (Å²) < 4.78 is 0. The van der Waals surface area contributed by atoms with Crippen LogP contribution in [-0.2, 0) is 4.79 Å². The van der Waals surface area contributed by atoms with E-state index in [1.54, 1.807) is 0 Å². The van der Waals surface area contributed by atoms with E-state index in [0.717, 1.165) is 25.9 Å². The van der Waals surface area contributed by atoms with Gasteiger partial charge in [-0.25, -0.2) is 0 Å². The number of nitrogens with zero attached hydrogens (tertiary/aromatic N) is 1. The molecule has 0 saturated heterocycles. The van der Waals surface area contributed by atoms with Crippen LogP contribution in [0.5, 0.6) is 0 Å². The molecule has 0 aromatic carbocycles. The van der Waals surface area contributed by atoms with E-state index in [9.17, 15) is 4.79 Å². The number of rotatable bonds is 9. The molecule has 1 amide bonds. The molecule has 88 valence electrons. The Morgan fingerprint density at radius 2 is 1.67 bits per heavy atom. The minimum absolute atomic E-state index is 0.381. The monoisotopic (exact) mass is 212 g/mol. The molecule has 0 fully saturated rings. The zero-order chi connectivity index (χ0) is 11.7. The van der Waals surface area contributed by atoms with Crippen LogP contribution in [0.25, 0.3) is 0 Å². The first-order valence-electron chi connectivity index (χ1n) is 5.81. The molecule has 0 radical (unpaired) electrons. The molecular formula is C12H24N2O. The van der Waals surface area contributed by atoms with Crippen LogP contribution in [0.1, 0.15) is 39.5 Å². The van der Waals surface area contributed by atoms with E-state index in [-0.39, 0.29) is 5.91 Å². The van der Waals surface area contributed by atoms with Crippen molar-refractivity contribution in [3.8, 4) is 0 Å². The average Bonchev–Trinajstić information content (AvgIpc) is 2.21. The van der Waals surface area contributed by atoms with Gasteiger partial charge in [0.25, 0.3) is 0 Å². The highest BCUT2D eigenvalue weighted by atomic mass is 16.1. The number of unbranched alkanes of at least 4 members (excludes halogenated alkanes) is 2. The maximum atomic E-state index is 10.9. The first-order valence-corrected chi connectivity index (χ1v) is 5.81. The number of nitrogens with two attached hydrogens (primary N) is 1. The van der Waals surface area contributed by atoms with E-state index in [1.807, 2.05) is 0 Å². The van der Waals surface area contributed by atoms with E-state index < -0.39 is 0 Å². The predicted octanol–water partition coefficient (Wildman–Crippen LogP) is 1.93. The summed E-state index contributed by atoms with van der Waals surface area (Å²) in [4.78, 5) is 13.1. The smallest absolute Gasteiger partial charge is 0.245 e. The minimum Gasteiger partial charge on any atom is -0.366 e. The topological polar surface area (TPSA) is 46.3 Å². The summed E-state index contributed by atoms with van der Waals surface area (Å²) in [6.45, 7) is 10.7. The lowest BCUT2D eigenvalue weighted by Crippen LogP contribution is -2.31. The molecule has 15 heavy (non-hydrogen) atoms. The normalized spacial score (nSPS) is 10.6. The molecule has 3 heteroatoms. The lowest BCUT2D eigenvalue weighted by atomic mass is 10.2. The number of hydrogen-bond donors (Lipinski definition) is 1. The summed E-state index contributed by atoms with van der Waals surface area (Å²) in [5, 5.41) is 0. The van der Waals surface area contributed by atoms with Crippen LogP contribution < -0.4 is 5.73 Å². The Morgan fingerprint density at radius 3 is 2.00 bits per heavy atom. The third-order valence-electron chi connectivity index (χ3n) is 2.42. The van der Waals surface area contributed by atoms with Gasteiger partial charge in [-0.15, -0.1) is 0 Å². The van der Waals surface area contributed by atoms with Gasteiger partial charge in [0.15, 0.2) is 0 Å². The third kappa shape index (κ3) is 7.14. The van der Waals surface area contributed by atoms with Crippen molar-refractivity contribution in [1.82, 2.24) is 4.90 Å². The Labute approximate surface area is 93.3 Å². The lowest BCUT2D eigenvalue weighted by Gasteiger charge is -2.21. The SMILES string of the molecule is C=C(CN(CCCC)CCCC)C(N)=O. The lowest BCUT2D eigenvalue weighted by molar-refractivity contribution is -0.114. The standard InChI is InChI=1S/C12H24N2O/c1-4-6-8-14(9-7-5-2)10-11(3)12(13)15/h3-10H2,1-2H3,(H2,13,15). The van der Waals surface area contributed by atoms with Crippen molar-refractivity contribution in [2.45, 2.75) is 39.5 Å². The largest absolute Gasteiger partial charge is 0.366 e. The fraction of sp³-hybridized carbons (Fsp3) is 0.750. The first kappa shape index (κ1) is 14.2. The maximum Gasteiger partial charge on any atom is 0.245 e. The Morgan fingerprint density at radius 1 is 1.20 bits per heavy atom. The molecule has 0 aromatic heterocycles. The molecule has 0 spiro atoms. The van der Waals surface area contributed by atoms with Gasteiger partial charge < -0.3 is 5.73 Å². The highest BCUT2D eigenvalue weighted by Gasteiger charge is 2.08. The van der Waals surface area contributed by atoms with Gasteiger partial charge in [-0.1, -0.05) is 33.3 Å². The summed E-state index contributed by atoms with van der Waals surface area (Å²) in [5.74, 6) is -0.381. The number of primary amides is 1. The van der Waals surface area contributed by atoms with Crippen LogP contribution >= 0.6 is 0 Å². The van der Waals surface area contributed by atoms with Gasteiger partial charge in [-0.2, -0.15) is 0 Å². The third-order valence-corrected chi connectivity index (χ3v) is 2.42. The van der Waals surface area contributed by atoms with Gasteiger partial charge in [0.05, 0.1) is 0 Å². The molecule has 0 aliphatic heterocycles. The van der Waals surface area contributed by atoms with E-state index >= 15 is 0 Å². The van der Waals surface area contributed by atoms with Gasteiger partial charge in [-0.3, -0.25) is 9.69 Å². The number of carbonyl (C=O) groups is 1. The van der Waals surface area contributed by atoms with Gasteiger partial charge >= 0.3 is 0 Å². The van der Waals surface area contributed by atoms with Crippen molar-refractivity contribution in [3.63, 3.8) is 0 Å². The quantitative estimate of drug-likeness (QED) is 0.594. The molecule has 0 aliphatic rings. The molecule has 0 unspecified atom stereocenters. The molecule has 0 rings (SSSR count). The Balaban J connectivity index is 3.98. The highest BCUT2D eigenvalue weighted by Crippen LogP contribution is 2.02. The molecule has 0 heterocycles. The van der Waals surface area contributed by atoms with E-state index in [0.29, 0.717) is 12.1 Å². The molecule has 0 aliphatic carbocycles. The Bertz CT molecular complexity index is 194. The Kier molecular flexibility index (Phi) is 8.01. The molecule has 3 nitrogen and oxygen atoms in total. The van der Waals surface area contributed by atoms with E-state index in [2.05, 4.69) is 25.3 Å². The van der Waals surface area contributed by atoms with Gasteiger partial charge in [0, 0.05) is 12.1 Å². The predicted molar refractivity (Wildman–Crippen MR) is 64.6 cm³/mol. The van der Waals surface area contributed by atoms with Gasteiger partial charge in [0.2, 0.25) is 5.91 Å². The summed E-state index contributed by atoms with van der Waals surface area (Å²) in [5.41, 5.74) is 5.69. The van der Waals surface area contributed by atoms with Crippen molar-refractivity contribution in [2.24, 2.45) is 5.73 Å². The van der Waals surface area contributed by atoms with Crippen molar-refractivity contribution in [1.29, 1.82) is 0 Å². The van der Waals surface area contributed by atoms with Crippen molar-refractivity contribution in [2.75, 3.05) is 19.6 Å². The minimum atomic E-state index is -0.381. The van der Waals surface area contributed by atoms with Crippen molar-refractivity contribution < 1.29 is 4.79 Å². The van der Waals surface area contributed by atoms with E-state index in [1.165, 1.54) is 12.8 Å². The second-order valence-electron chi connectivity index (χ2n) is 3.95. The van der Waals surface area contributed by atoms with Gasteiger partial charge in [-0.05, 0) is 25.9 Å². The molecular weight excluding hydrogens is 188 g/mol. The average molecular weight is 212 g/mol. The van der Waals surface area contributed by atoms with Crippen LogP contribution in [0, 0.1) is 0 Å². The Hall–Kier alpha value is -0.830. The second kappa shape index (κ2) is 8.48. The summed E-state index contributed by atoms with van der Waals surface area (Å²) in [6, 6.07) is 0. The highest BCUT2D eigenvalue weighted by molar-refractivity contribution is 5.91. The second-order valence-corrected chi connectivity index (χ2v) is 3.95. The van der Waals surface area contributed by atoms with Crippen LogP contribution in [-0.4, -0.2) is 30.4 Å². The summed E-state index contributed by atoms with van der Waals surface area (Å²) in [7, 11) is 0. The molecule has 0 aromatic rings. The summed E-state index contributed by atoms with van der Waals surface area (Å²) in [6.07, 6.45) is 4.67. The van der Waals surface area contributed by atoms with Crippen LogP contribution in [0.15, 0.2) is 12.2 Å². The number of hydrogen-bond acceptors (Lipinski definition) is 2. The molecule has 0 saturated carbocycles. The van der Waals surface area contributed by atoms with Crippen LogP contribution in [0.2, 0.25) is 0 Å². The fourth-order valence-corrected chi connectivity index (χ4v) is 1.38. The van der Waals surface area contributed by atoms with Crippen molar-refractivity contribution >= 4 is 5.91 Å². The fourth-order valence-electron chi connectivity index (χ4n) is 1.38. The van der Waals surface area contributed by atoms with Gasteiger partial charge in [0.1, 0.15) is 0 Å². The molecule has 2 N–H and O–H groups in total.